The minimum atomic E-state index is -4.45. The fraction of sp³-hybridized carbons (Fsp3) is 0.105. The molecule has 0 fully saturated rings. The lowest BCUT2D eigenvalue weighted by atomic mass is 10.1. The molecular formula is C19H13ClF3NO2. The number of carbonyl (C=O) groups is 1. The van der Waals surface area contributed by atoms with Gasteiger partial charge in [-0.15, -0.1) is 0 Å². The van der Waals surface area contributed by atoms with E-state index in [0.717, 1.165) is 17.7 Å². The summed E-state index contributed by atoms with van der Waals surface area (Å²) in [5.74, 6) is -0.375. The van der Waals surface area contributed by atoms with Gasteiger partial charge in [-0.2, -0.15) is 13.2 Å². The predicted molar refractivity (Wildman–Crippen MR) is 93.3 cm³/mol. The van der Waals surface area contributed by atoms with Gasteiger partial charge in [0.25, 0.3) is 5.91 Å². The van der Waals surface area contributed by atoms with Gasteiger partial charge in [-0.05, 0) is 48.9 Å². The quantitative estimate of drug-likeness (QED) is 0.590. The lowest BCUT2D eigenvalue weighted by Gasteiger charge is -2.07. The first kappa shape index (κ1) is 18.1. The number of benzene rings is 2. The van der Waals surface area contributed by atoms with Crippen LogP contribution in [0.2, 0.25) is 5.02 Å². The maximum Gasteiger partial charge on any atom is 0.416 e. The van der Waals surface area contributed by atoms with Gasteiger partial charge in [-0.3, -0.25) is 4.79 Å². The van der Waals surface area contributed by atoms with Gasteiger partial charge < -0.3 is 9.73 Å². The van der Waals surface area contributed by atoms with Crippen LogP contribution in [0.1, 0.15) is 21.7 Å². The summed E-state index contributed by atoms with van der Waals surface area (Å²) in [6.07, 6.45) is -4.45. The zero-order valence-electron chi connectivity index (χ0n) is 13.5. The van der Waals surface area contributed by atoms with E-state index in [9.17, 15) is 18.0 Å². The van der Waals surface area contributed by atoms with E-state index in [1.807, 2.05) is 6.92 Å². The summed E-state index contributed by atoms with van der Waals surface area (Å²) < 4.78 is 43.9. The maximum absolute atomic E-state index is 12.8. The summed E-state index contributed by atoms with van der Waals surface area (Å²) in [6, 6.07) is 12.6. The lowest BCUT2D eigenvalue weighted by Crippen LogP contribution is -2.10. The van der Waals surface area contributed by atoms with Gasteiger partial charge in [0.2, 0.25) is 0 Å². The van der Waals surface area contributed by atoms with Crippen LogP contribution in [0.3, 0.4) is 0 Å². The molecule has 0 saturated heterocycles. The molecular weight excluding hydrogens is 367 g/mol. The Kier molecular flexibility index (Phi) is 4.78. The second-order valence-electron chi connectivity index (χ2n) is 5.66. The molecule has 3 rings (SSSR count). The molecule has 134 valence electrons. The van der Waals surface area contributed by atoms with Crippen molar-refractivity contribution in [1.29, 1.82) is 0 Å². The van der Waals surface area contributed by atoms with Crippen molar-refractivity contribution >= 4 is 23.2 Å². The molecule has 7 heteroatoms. The van der Waals surface area contributed by atoms with E-state index < -0.39 is 17.6 Å². The Morgan fingerprint density at radius 3 is 2.54 bits per heavy atom. The zero-order chi connectivity index (χ0) is 18.9. The number of rotatable bonds is 3. The van der Waals surface area contributed by atoms with E-state index in [2.05, 4.69) is 5.32 Å². The largest absolute Gasteiger partial charge is 0.451 e. The third kappa shape index (κ3) is 3.91. The first-order chi connectivity index (χ1) is 12.2. The Bertz CT molecular complexity index is 963. The van der Waals surface area contributed by atoms with Crippen molar-refractivity contribution in [2.45, 2.75) is 13.1 Å². The second kappa shape index (κ2) is 6.88. The Morgan fingerprint density at radius 1 is 1.08 bits per heavy atom. The number of furan rings is 1. The van der Waals surface area contributed by atoms with Crippen LogP contribution in [0.25, 0.3) is 11.3 Å². The van der Waals surface area contributed by atoms with Gasteiger partial charge >= 0.3 is 6.18 Å². The summed E-state index contributed by atoms with van der Waals surface area (Å²) in [4.78, 5) is 12.3. The number of carbonyl (C=O) groups excluding carboxylic acids is 1. The second-order valence-corrected chi connectivity index (χ2v) is 6.07. The number of hydrogen-bond donors (Lipinski definition) is 1. The highest BCUT2D eigenvalue weighted by Gasteiger charge is 2.30. The lowest BCUT2D eigenvalue weighted by molar-refractivity contribution is -0.137. The first-order valence-electron chi connectivity index (χ1n) is 7.59. The van der Waals surface area contributed by atoms with Crippen molar-refractivity contribution in [3.63, 3.8) is 0 Å². The molecule has 1 aromatic heterocycles. The van der Waals surface area contributed by atoms with Crippen LogP contribution < -0.4 is 5.32 Å². The highest BCUT2D eigenvalue weighted by molar-refractivity contribution is 6.31. The van der Waals surface area contributed by atoms with Crippen LogP contribution in [0.15, 0.2) is 59.0 Å². The van der Waals surface area contributed by atoms with E-state index >= 15 is 0 Å². The minimum Gasteiger partial charge on any atom is -0.451 e. The molecule has 0 aliphatic heterocycles. The van der Waals surface area contributed by atoms with Crippen LogP contribution >= 0.6 is 11.6 Å². The fourth-order valence-corrected chi connectivity index (χ4v) is 2.51. The fourth-order valence-electron chi connectivity index (χ4n) is 2.33. The molecule has 0 bridgehead atoms. The van der Waals surface area contributed by atoms with Crippen molar-refractivity contribution in [3.05, 3.63) is 76.5 Å². The number of hydrogen-bond acceptors (Lipinski definition) is 2. The number of alkyl halides is 3. The molecule has 1 heterocycles. The topological polar surface area (TPSA) is 42.2 Å². The van der Waals surface area contributed by atoms with Crippen molar-refractivity contribution in [3.8, 4) is 11.3 Å². The van der Waals surface area contributed by atoms with Crippen LogP contribution in [-0.4, -0.2) is 5.91 Å². The Balaban J connectivity index is 1.81. The number of halogens is 4. The molecule has 0 saturated carbocycles. The van der Waals surface area contributed by atoms with Gasteiger partial charge in [0.15, 0.2) is 5.76 Å². The Morgan fingerprint density at radius 2 is 1.85 bits per heavy atom. The van der Waals surface area contributed by atoms with Crippen molar-refractivity contribution < 1.29 is 22.4 Å². The molecule has 0 unspecified atom stereocenters. The minimum absolute atomic E-state index is 0.0193. The van der Waals surface area contributed by atoms with E-state index in [0.29, 0.717) is 10.7 Å². The summed E-state index contributed by atoms with van der Waals surface area (Å²) >= 11 is 6.01. The molecule has 0 atom stereocenters. The predicted octanol–water partition coefficient (Wildman–Crippen LogP) is 6.18. The molecule has 0 aliphatic carbocycles. The molecule has 0 spiro atoms. The summed E-state index contributed by atoms with van der Waals surface area (Å²) in [5, 5.41) is 3.14. The van der Waals surface area contributed by atoms with Crippen LogP contribution in [0, 0.1) is 6.92 Å². The molecule has 3 nitrogen and oxygen atoms in total. The SMILES string of the molecule is Cc1ccc(NC(=O)c2ccc(-c3cccc(C(F)(F)F)c3)o2)cc1Cl. The van der Waals surface area contributed by atoms with Gasteiger partial charge in [-0.25, -0.2) is 0 Å². The highest BCUT2D eigenvalue weighted by atomic mass is 35.5. The molecule has 3 aromatic rings. The molecule has 0 radical (unpaired) electrons. The van der Waals surface area contributed by atoms with Gasteiger partial charge in [-0.1, -0.05) is 29.8 Å². The molecule has 1 N–H and O–H groups in total. The first-order valence-corrected chi connectivity index (χ1v) is 7.97. The zero-order valence-corrected chi connectivity index (χ0v) is 14.3. The third-order valence-electron chi connectivity index (χ3n) is 3.73. The number of anilines is 1. The standard InChI is InChI=1S/C19H13ClF3NO2/c1-11-5-6-14(10-15(11)20)24-18(25)17-8-7-16(26-17)12-3-2-4-13(9-12)19(21,22)23/h2-10H,1H3,(H,24,25). The van der Waals surface area contributed by atoms with Crippen molar-refractivity contribution in [2.75, 3.05) is 5.32 Å². The summed E-state index contributed by atoms with van der Waals surface area (Å²) in [5.41, 5.74) is 0.807. The van der Waals surface area contributed by atoms with E-state index in [-0.39, 0.29) is 17.1 Å². The molecule has 1 amide bonds. The van der Waals surface area contributed by atoms with Gasteiger partial charge in [0, 0.05) is 16.3 Å². The monoisotopic (exact) mass is 379 g/mol. The smallest absolute Gasteiger partial charge is 0.416 e. The number of amides is 1. The van der Waals surface area contributed by atoms with Crippen LogP contribution in [0.5, 0.6) is 0 Å². The van der Waals surface area contributed by atoms with Crippen molar-refractivity contribution in [1.82, 2.24) is 0 Å². The van der Waals surface area contributed by atoms with Crippen LogP contribution in [0.4, 0.5) is 18.9 Å². The third-order valence-corrected chi connectivity index (χ3v) is 4.14. The average Bonchev–Trinajstić information content (AvgIpc) is 3.08. The molecule has 26 heavy (non-hydrogen) atoms. The normalized spacial score (nSPS) is 11.4. The Labute approximate surface area is 152 Å². The van der Waals surface area contributed by atoms with Gasteiger partial charge in [0.1, 0.15) is 5.76 Å². The summed E-state index contributed by atoms with van der Waals surface area (Å²) in [7, 11) is 0. The molecule has 0 aliphatic rings. The van der Waals surface area contributed by atoms with Gasteiger partial charge in [0.05, 0.1) is 5.56 Å². The van der Waals surface area contributed by atoms with Crippen LogP contribution in [-0.2, 0) is 6.18 Å². The number of aryl methyl sites for hydroxylation is 1. The average molecular weight is 380 g/mol. The van der Waals surface area contributed by atoms with E-state index in [1.54, 1.807) is 18.2 Å². The molecule has 2 aromatic carbocycles. The maximum atomic E-state index is 12.8. The van der Waals surface area contributed by atoms with E-state index in [1.165, 1.54) is 24.3 Å². The van der Waals surface area contributed by atoms with E-state index in [4.69, 9.17) is 16.0 Å². The number of nitrogens with one attached hydrogen (secondary N) is 1. The Hall–Kier alpha value is -2.73. The van der Waals surface area contributed by atoms with Crippen molar-refractivity contribution in [2.24, 2.45) is 0 Å². The summed E-state index contributed by atoms with van der Waals surface area (Å²) in [6.45, 7) is 1.84. The highest BCUT2D eigenvalue weighted by Crippen LogP contribution is 2.32.